The van der Waals surface area contributed by atoms with E-state index in [9.17, 15) is 30.0 Å². The summed E-state index contributed by atoms with van der Waals surface area (Å²) >= 11 is 0. The quantitative estimate of drug-likeness (QED) is 0.142. The van der Waals surface area contributed by atoms with Gasteiger partial charge < -0.3 is 36.0 Å². The molecule has 1 aromatic heterocycles. The van der Waals surface area contributed by atoms with Crippen LogP contribution in [0.15, 0.2) is 24.4 Å². The maximum absolute atomic E-state index is 13.1. The van der Waals surface area contributed by atoms with Gasteiger partial charge in [-0.25, -0.2) is 0 Å². The topological polar surface area (TPSA) is 168 Å². The summed E-state index contributed by atoms with van der Waals surface area (Å²) in [6.45, 7) is 9.39. The first-order chi connectivity index (χ1) is 20.3. The summed E-state index contributed by atoms with van der Waals surface area (Å²) < 4.78 is 0. The normalized spacial score (nSPS) is 17.9. The Hall–Kier alpha value is -2.78. The molecule has 236 valence electrons. The van der Waals surface area contributed by atoms with Gasteiger partial charge in [0.05, 0.1) is 32.4 Å². The fourth-order valence-electron chi connectivity index (χ4n) is 5.29. The van der Waals surface area contributed by atoms with Crippen LogP contribution in [0.25, 0.3) is 10.9 Å². The van der Waals surface area contributed by atoms with Crippen LogP contribution in [-0.4, -0.2) is 168 Å². The molecule has 1 aromatic carbocycles. The van der Waals surface area contributed by atoms with Crippen molar-refractivity contribution < 1.29 is 30.0 Å². The first-order valence-corrected chi connectivity index (χ1v) is 14.9. The van der Waals surface area contributed by atoms with Gasteiger partial charge in [-0.05, 0) is 37.1 Å². The predicted molar refractivity (Wildman–Crippen MR) is 161 cm³/mol. The van der Waals surface area contributed by atoms with Gasteiger partial charge in [0.15, 0.2) is 0 Å². The van der Waals surface area contributed by atoms with Gasteiger partial charge in [-0.2, -0.15) is 0 Å². The van der Waals surface area contributed by atoms with E-state index >= 15 is 0 Å². The smallest absolute Gasteiger partial charge is 0.239 e. The van der Waals surface area contributed by atoms with Crippen LogP contribution in [0.4, 0.5) is 0 Å². The third-order valence-electron chi connectivity index (χ3n) is 7.94. The number of benzene rings is 1. The van der Waals surface area contributed by atoms with Crippen molar-refractivity contribution in [2.75, 3.05) is 105 Å². The van der Waals surface area contributed by atoms with Gasteiger partial charge in [0.2, 0.25) is 11.8 Å². The van der Waals surface area contributed by atoms with E-state index in [0.29, 0.717) is 58.8 Å². The van der Waals surface area contributed by atoms with Gasteiger partial charge in [-0.3, -0.25) is 29.2 Å². The number of aliphatic hydroxyl groups excluding tert-OH is 3. The molecule has 42 heavy (non-hydrogen) atoms. The summed E-state index contributed by atoms with van der Waals surface area (Å²) in [5.41, 5.74) is 1.90. The van der Waals surface area contributed by atoms with Crippen LogP contribution >= 0.6 is 0 Å². The average molecular weight is 592 g/mol. The summed E-state index contributed by atoms with van der Waals surface area (Å²) in [5.74, 6) is -0.322. The van der Waals surface area contributed by atoms with Gasteiger partial charge in [0, 0.05) is 95.6 Å². The Morgan fingerprint density at radius 1 is 0.857 bits per heavy atom. The molecule has 0 bridgehead atoms. The van der Waals surface area contributed by atoms with Crippen LogP contribution in [0.1, 0.15) is 12.5 Å². The number of phenolic OH excluding ortho intramolecular Hbond substituents is 1. The molecule has 3 rings (SSSR count). The maximum atomic E-state index is 13.1. The number of β-amino-alcohol motifs (C(OH)–C–C–N with tert-alkyl or cyclic N) is 3. The fraction of sp³-hybridized carbons (Fsp3) is 0.655. The molecule has 2 heterocycles. The average Bonchev–Trinajstić information content (AvgIpc) is 3.37. The highest BCUT2D eigenvalue weighted by atomic mass is 16.3. The van der Waals surface area contributed by atoms with E-state index < -0.39 is 6.04 Å². The van der Waals surface area contributed by atoms with Crippen LogP contribution in [0.2, 0.25) is 0 Å². The summed E-state index contributed by atoms with van der Waals surface area (Å²) in [4.78, 5) is 37.3. The number of aromatic amines is 1. The van der Waals surface area contributed by atoms with Crippen LogP contribution in [0.5, 0.6) is 5.75 Å². The summed E-state index contributed by atoms with van der Waals surface area (Å²) in [6.07, 6.45) is 2.45. The van der Waals surface area contributed by atoms with Crippen molar-refractivity contribution >= 4 is 22.7 Å². The highest BCUT2D eigenvalue weighted by Crippen LogP contribution is 2.23. The summed E-state index contributed by atoms with van der Waals surface area (Å²) in [5, 5.41) is 44.9. The fourth-order valence-corrected chi connectivity index (χ4v) is 5.29. The molecular formula is C29H49N7O6. The number of hydrogen-bond donors (Lipinski definition) is 7. The largest absolute Gasteiger partial charge is 0.508 e. The molecule has 1 fully saturated rings. The number of fused-ring (bicyclic) bond motifs is 1. The van der Waals surface area contributed by atoms with Crippen LogP contribution in [0.3, 0.4) is 0 Å². The number of phenols is 1. The van der Waals surface area contributed by atoms with Crippen molar-refractivity contribution in [3.05, 3.63) is 30.0 Å². The lowest BCUT2D eigenvalue weighted by Crippen LogP contribution is -2.53. The first kappa shape index (κ1) is 33.7. The highest BCUT2D eigenvalue weighted by molar-refractivity contribution is 5.87. The van der Waals surface area contributed by atoms with Gasteiger partial charge in [0.1, 0.15) is 5.75 Å². The number of aromatic hydroxyl groups is 1. The van der Waals surface area contributed by atoms with E-state index in [4.69, 9.17) is 0 Å². The lowest BCUT2D eigenvalue weighted by atomic mass is 10.1. The van der Waals surface area contributed by atoms with Gasteiger partial charge in [-0.1, -0.05) is 0 Å². The Bertz CT molecular complexity index is 1080. The Morgan fingerprint density at radius 2 is 1.40 bits per heavy atom. The molecule has 2 aromatic rings. The molecule has 1 aliphatic heterocycles. The van der Waals surface area contributed by atoms with E-state index in [1.165, 1.54) is 0 Å². The molecule has 1 aliphatic rings. The molecule has 1 atom stereocenters. The molecule has 2 amide bonds. The molecule has 0 saturated carbocycles. The number of carbonyl (C=O) groups excluding carboxylic acids is 2. The number of hydrogen-bond acceptors (Lipinski definition) is 10. The van der Waals surface area contributed by atoms with Gasteiger partial charge >= 0.3 is 0 Å². The van der Waals surface area contributed by atoms with Crippen molar-refractivity contribution in [3.63, 3.8) is 0 Å². The summed E-state index contributed by atoms with van der Waals surface area (Å²) in [7, 11) is 0. The van der Waals surface area contributed by atoms with Crippen molar-refractivity contribution in [1.29, 1.82) is 0 Å². The number of rotatable bonds is 13. The minimum Gasteiger partial charge on any atom is -0.508 e. The van der Waals surface area contributed by atoms with E-state index in [0.717, 1.165) is 42.6 Å². The van der Waals surface area contributed by atoms with Crippen LogP contribution in [-0.2, 0) is 16.0 Å². The first-order valence-electron chi connectivity index (χ1n) is 14.9. The van der Waals surface area contributed by atoms with Gasteiger partial charge in [-0.15, -0.1) is 0 Å². The Kier molecular flexibility index (Phi) is 14.5. The van der Waals surface area contributed by atoms with Crippen LogP contribution in [0, 0.1) is 0 Å². The second kappa shape index (κ2) is 18.0. The number of H-pyrrole nitrogens is 1. The monoisotopic (exact) mass is 591 g/mol. The molecule has 0 aliphatic carbocycles. The zero-order valence-corrected chi connectivity index (χ0v) is 24.8. The van der Waals surface area contributed by atoms with Crippen molar-refractivity contribution in [3.8, 4) is 5.75 Å². The van der Waals surface area contributed by atoms with Crippen molar-refractivity contribution in [1.82, 2.24) is 35.2 Å². The Balaban J connectivity index is 1.52. The minimum absolute atomic E-state index is 0.0399. The van der Waals surface area contributed by atoms with E-state index in [1.54, 1.807) is 12.1 Å². The van der Waals surface area contributed by atoms with Gasteiger partial charge in [0.25, 0.3) is 0 Å². The number of aliphatic hydroxyl groups is 3. The standard InChI is InChI=1S/C29H49N7O6/c1-23(29(42)32-22-28(41)30-5-4-24-21-31-27-3-2-25(40)20-26(24)27)36-12-10-34(15-18-38)8-6-33(14-17-37)7-9-35(11-13-36)16-19-39/h2-3,20-21,23,31,37-40H,4-19,22H2,1H3,(H,30,41)(H,32,42). The van der Waals surface area contributed by atoms with Crippen molar-refractivity contribution in [2.45, 2.75) is 19.4 Å². The Labute approximate surface area is 248 Å². The second-order valence-electron chi connectivity index (χ2n) is 10.8. The van der Waals surface area contributed by atoms with E-state index in [2.05, 4.69) is 35.2 Å². The molecule has 7 N–H and O–H groups in total. The third kappa shape index (κ3) is 10.8. The third-order valence-corrected chi connectivity index (χ3v) is 7.94. The van der Waals surface area contributed by atoms with E-state index in [-0.39, 0.29) is 43.9 Å². The lowest BCUT2D eigenvalue weighted by Gasteiger charge is -2.35. The van der Waals surface area contributed by atoms with E-state index in [1.807, 2.05) is 19.2 Å². The van der Waals surface area contributed by atoms with Crippen LogP contribution < -0.4 is 10.6 Å². The predicted octanol–water partition coefficient (Wildman–Crippen LogP) is -1.76. The minimum atomic E-state index is -0.475. The number of nitrogens with one attached hydrogen (secondary N) is 3. The maximum Gasteiger partial charge on any atom is 0.239 e. The SMILES string of the molecule is CC(C(=O)NCC(=O)NCCc1c[nH]c2ccc(O)cc12)N1CCN(CCO)CCN(CCO)CCN(CCO)CC1. The number of nitrogens with zero attached hydrogens (tertiary/aromatic N) is 4. The highest BCUT2D eigenvalue weighted by Gasteiger charge is 2.24. The Morgan fingerprint density at radius 3 is 1.95 bits per heavy atom. The molecular weight excluding hydrogens is 542 g/mol. The molecule has 1 unspecified atom stereocenters. The summed E-state index contributed by atoms with van der Waals surface area (Å²) in [6, 6.07) is 4.65. The number of carbonyl (C=O) groups is 2. The number of aromatic nitrogens is 1. The lowest BCUT2D eigenvalue weighted by molar-refractivity contribution is -0.129. The molecule has 1 saturated heterocycles. The molecule has 0 spiro atoms. The molecule has 13 nitrogen and oxygen atoms in total. The zero-order valence-electron chi connectivity index (χ0n) is 24.8. The number of amides is 2. The molecule has 13 heteroatoms. The second-order valence-corrected chi connectivity index (χ2v) is 10.8. The van der Waals surface area contributed by atoms with Crippen molar-refractivity contribution in [2.24, 2.45) is 0 Å². The molecule has 0 radical (unpaired) electrons. The zero-order chi connectivity index (χ0) is 30.3.